The van der Waals surface area contributed by atoms with Crippen molar-refractivity contribution in [2.24, 2.45) is 0 Å². The molecule has 2 amide bonds. The lowest BCUT2D eigenvalue weighted by molar-refractivity contribution is -0.385. The highest BCUT2D eigenvalue weighted by atomic mass is 127. The molecule has 10 heteroatoms. The van der Waals surface area contributed by atoms with Gasteiger partial charge in [0.25, 0.3) is 16.8 Å². The molecular formula is C21H15IN2O6S. The number of nitrogens with zero attached hydrogens (tertiary/aromatic N) is 2. The average Bonchev–Trinajstić information content (AvgIpc) is 3.00. The minimum atomic E-state index is -0.539. The highest BCUT2D eigenvalue weighted by Crippen LogP contribution is 2.38. The van der Waals surface area contributed by atoms with Gasteiger partial charge in [-0.15, -0.1) is 6.42 Å². The molecule has 1 aliphatic rings. The van der Waals surface area contributed by atoms with Crippen molar-refractivity contribution in [3.8, 4) is 23.8 Å². The largest absolute Gasteiger partial charge is 0.493 e. The first-order valence-electron chi connectivity index (χ1n) is 8.77. The Balaban J connectivity index is 1.88. The number of carbonyl (C=O) groups excluding carboxylic acids is 2. The fraction of sp³-hybridized carbons (Fsp3) is 0.143. The van der Waals surface area contributed by atoms with Crippen LogP contribution in [0, 0.1) is 26.0 Å². The van der Waals surface area contributed by atoms with E-state index in [1.54, 1.807) is 24.3 Å². The van der Waals surface area contributed by atoms with E-state index < -0.39 is 16.1 Å². The molecule has 0 N–H and O–H groups in total. The lowest BCUT2D eigenvalue weighted by Gasteiger charge is -2.13. The Labute approximate surface area is 195 Å². The molecule has 1 heterocycles. The van der Waals surface area contributed by atoms with Gasteiger partial charge in [-0.2, -0.15) is 0 Å². The smallest absolute Gasteiger partial charge is 0.293 e. The Kier molecular flexibility index (Phi) is 7.19. The third-order valence-corrected chi connectivity index (χ3v) is 5.95. The third kappa shape index (κ3) is 5.00. The molecule has 1 fully saturated rings. The van der Waals surface area contributed by atoms with E-state index >= 15 is 0 Å². The zero-order valence-electron chi connectivity index (χ0n) is 16.2. The van der Waals surface area contributed by atoms with Crippen LogP contribution in [0.2, 0.25) is 0 Å². The number of nitro benzene ring substituents is 1. The summed E-state index contributed by atoms with van der Waals surface area (Å²) in [7, 11) is 1.48. The van der Waals surface area contributed by atoms with Crippen molar-refractivity contribution in [1.82, 2.24) is 4.90 Å². The van der Waals surface area contributed by atoms with Gasteiger partial charge >= 0.3 is 0 Å². The summed E-state index contributed by atoms with van der Waals surface area (Å²) >= 11 is 2.84. The average molecular weight is 550 g/mol. The number of amides is 2. The summed E-state index contributed by atoms with van der Waals surface area (Å²) in [6.45, 7) is -0.102. The zero-order valence-corrected chi connectivity index (χ0v) is 19.1. The van der Waals surface area contributed by atoms with Crippen molar-refractivity contribution in [3.05, 3.63) is 66.1 Å². The number of halogens is 1. The minimum absolute atomic E-state index is 0.0796. The summed E-state index contributed by atoms with van der Waals surface area (Å²) in [5, 5.41) is 10.7. The van der Waals surface area contributed by atoms with E-state index in [0.29, 0.717) is 17.1 Å². The topological polar surface area (TPSA) is 99.0 Å². The molecule has 0 atom stereocenters. The molecule has 0 bridgehead atoms. The van der Waals surface area contributed by atoms with Crippen molar-refractivity contribution in [1.29, 1.82) is 0 Å². The molecule has 0 aliphatic carbocycles. The number of terminal acetylenes is 1. The van der Waals surface area contributed by atoms with Gasteiger partial charge in [0.15, 0.2) is 11.5 Å². The number of para-hydroxylation sites is 1. The molecule has 3 rings (SSSR count). The molecule has 1 saturated heterocycles. The molecule has 158 valence electrons. The second kappa shape index (κ2) is 9.84. The Morgan fingerprint density at radius 1 is 1.32 bits per heavy atom. The van der Waals surface area contributed by atoms with Gasteiger partial charge in [-0.1, -0.05) is 24.1 Å². The molecule has 0 radical (unpaired) electrons. The number of imide groups is 1. The van der Waals surface area contributed by atoms with Crippen molar-refractivity contribution >= 4 is 57.3 Å². The molecule has 0 aromatic heterocycles. The number of ether oxygens (including phenoxy) is 2. The number of benzene rings is 2. The molecule has 0 unspecified atom stereocenters. The number of hydrogen-bond acceptors (Lipinski definition) is 7. The molecule has 31 heavy (non-hydrogen) atoms. The Bertz CT molecular complexity index is 1140. The fourth-order valence-corrected chi connectivity index (χ4v) is 4.48. The summed E-state index contributed by atoms with van der Waals surface area (Å²) in [5.74, 6) is 2.80. The van der Waals surface area contributed by atoms with Crippen LogP contribution in [0.15, 0.2) is 41.3 Å². The van der Waals surface area contributed by atoms with Crippen LogP contribution in [0.3, 0.4) is 0 Å². The van der Waals surface area contributed by atoms with E-state index in [0.717, 1.165) is 20.2 Å². The Morgan fingerprint density at radius 2 is 2.06 bits per heavy atom. The minimum Gasteiger partial charge on any atom is -0.493 e. The third-order valence-electron chi connectivity index (χ3n) is 4.24. The fourth-order valence-electron chi connectivity index (χ4n) is 2.86. The lowest BCUT2D eigenvalue weighted by atomic mass is 10.1. The first kappa shape index (κ1) is 22.6. The maximum absolute atomic E-state index is 12.8. The van der Waals surface area contributed by atoms with Gasteiger partial charge in [0.05, 0.1) is 27.1 Å². The predicted octanol–water partition coefficient (Wildman–Crippen LogP) is 4.46. The maximum Gasteiger partial charge on any atom is 0.293 e. The van der Waals surface area contributed by atoms with Gasteiger partial charge in [-0.3, -0.25) is 24.6 Å². The summed E-state index contributed by atoms with van der Waals surface area (Å²) in [6.07, 6.45) is 6.81. The van der Waals surface area contributed by atoms with Gasteiger partial charge in [0.2, 0.25) is 0 Å². The highest BCUT2D eigenvalue weighted by Gasteiger charge is 2.36. The highest BCUT2D eigenvalue weighted by molar-refractivity contribution is 14.1. The summed E-state index contributed by atoms with van der Waals surface area (Å²) < 4.78 is 11.6. The Hall–Kier alpha value is -3.04. The van der Waals surface area contributed by atoms with Crippen LogP contribution in [0.1, 0.15) is 11.1 Å². The van der Waals surface area contributed by atoms with Gasteiger partial charge in [0.1, 0.15) is 6.61 Å². The molecular weight excluding hydrogens is 535 g/mol. The number of rotatable bonds is 7. The number of methoxy groups -OCH3 is 1. The number of thioether (sulfide) groups is 1. The molecule has 0 saturated carbocycles. The quantitative estimate of drug-likeness (QED) is 0.165. The van der Waals surface area contributed by atoms with E-state index in [2.05, 4.69) is 28.5 Å². The van der Waals surface area contributed by atoms with Crippen LogP contribution < -0.4 is 9.47 Å². The van der Waals surface area contributed by atoms with Crippen LogP contribution in [0.25, 0.3) is 6.08 Å². The number of carbonyl (C=O) groups is 2. The first-order chi connectivity index (χ1) is 14.8. The van der Waals surface area contributed by atoms with E-state index in [-0.39, 0.29) is 29.3 Å². The molecule has 2 aromatic carbocycles. The van der Waals surface area contributed by atoms with Gasteiger partial charge in [0, 0.05) is 11.6 Å². The van der Waals surface area contributed by atoms with E-state index in [9.17, 15) is 19.7 Å². The van der Waals surface area contributed by atoms with E-state index in [1.807, 2.05) is 0 Å². The van der Waals surface area contributed by atoms with E-state index in [1.165, 1.54) is 25.3 Å². The summed E-state index contributed by atoms with van der Waals surface area (Å²) in [6, 6.07) is 9.45. The first-order valence-corrected chi connectivity index (χ1v) is 10.7. The monoisotopic (exact) mass is 550 g/mol. The van der Waals surface area contributed by atoms with Crippen molar-refractivity contribution in [3.63, 3.8) is 0 Å². The van der Waals surface area contributed by atoms with Crippen molar-refractivity contribution in [2.75, 3.05) is 13.7 Å². The van der Waals surface area contributed by atoms with Crippen molar-refractivity contribution in [2.45, 2.75) is 6.54 Å². The van der Waals surface area contributed by atoms with Crippen LogP contribution in [-0.4, -0.2) is 34.7 Å². The number of hydrogen-bond donors (Lipinski definition) is 0. The maximum atomic E-state index is 12.8. The molecule has 2 aromatic rings. The second-order valence-corrected chi connectivity index (χ2v) is 8.34. The van der Waals surface area contributed by atoms with Crippen LogP contribution in [0.4, 0.5) is 10.5 Å². The van der Waals surface area contributed by atoms with Gasteiger partial charge in [-0.05, 0) is 58.1 Å². The molecule has 1 aliphatic heterocycles. The van der Waals surface area contributed by atoms with Crippen LogP contribution in [-0.2, 0) is 11.3 Å². The molecule has 8 nitrogen and oxygen atoms in total. The number of nitro groups is 1. The van der Waals surface area contributed by atoms with Crippen LogP contribution >= 0.6 is 34.4 Å². The predicted molar refractivity (Wildman–Crippen MR) is 125 cm³/mol. The SMILES string of the molecule is C#CCOc1c(I)cc(C=C2SC(=O)N(Cc3ccccc3[N+](=O)[O-])C2=O)cc1OC. The summed E-state index contributed by atoms with van der Waals surface area (Å²) in [5.41, 5.74) is 0.764. The Morgan fingerprint density at radius 3 is 2.74 bits per heavy atom. The van der Waals surface area contributed by atoms with Crippen molar-refractivity contribution < 1.29 is 24.0 Å². The standard InChI is InChI=1S/C21H15IN2O6S/c1-3-8-30-19-15(22)9-13(10-17(19)29-2)11-18-20(25)23(21(26)31-18)12-14-6-4-5-7-16(14)24(27)28/h1,4-7,9-11H,8,12H2,2H3. The van der Waals surface area contributed by atoms with Gasteiger partial charge < -0.3 is 9.47 Å². The normalized spacial score (nSPS) is 14.6. The lowest BCUT2D eigenvalue weighted by Crippen LogP contribution is -2.27. The van der Waals surface area contributed by atoms with E-state index in [4.69, 9.17) is 15.9 Å². The zero-order chi connectivity index (χ0) is 22.5. The van der Waals surface area contributed by atoms with Gasteiger partial charge in [-0.25, -0.2) is 0 Å². The van der Waals surface area contributed by atoms with Crippen LogP contribution in [0.5, 0.6) is 11.5 Å². The summed E-state index contributed by atoms with van der Waals surface area (Å²) in [4.78, 5) is 37.1. The second-order valence-electron chi connectivity index (χ2n) is 6.18. The molecule has 0 spiro atoms.